The Kier molecular flexibility index (Phi) is 9.09. The van der Waals surface area contributed by atoms with E-state index in [9.17, 15) is 40.9 Å². The van der Waals surface area contributed by atoms with E-state index in [1.54, 1.807) is 14.1 Å². The fraction of sp³-hybridized carbons (Fsp3) is 1.00. The normalized spacial score (nSPS) is 53.3. The molecule has 216 valence electrons. The molecule has 4 aliphatic rings. The summed E-state index contributed by atoms with van der Waals surface area (Å²) in [5.41, 5.74) is 5.81. The Balaban J connectivity index is 1.63. The van der Waals surface area contributed by atoms with Gasteiger partial charge in [-0.15, -0.1) is 0 Å². The predicted molar refractivity (Wildman–Crippen MR) is 119 cm³/mol. The molecule has 0 aromatic heterocycles. The average Bonchev–Trinajstić information content (AvgIpc) is 3.29. The van der Waals surface area contributed by atoms with E-state index in [1.165, 1.54) is 0 Å². The van der Waals surface area contributed by atoms with Crippen LogP contribution in [-0.2, 0) is 23.7 Å². The number of nitrogens with one attached hydrogen (secondary N) is 2. The number of likely N-dealkylation sites (N-methyl/N-ethyl adjacent to an activating group) is 2. The maximum atomic E-state index is 10.9. The van der Waals surface area contributed by atoms with E-state index in [0.29, 0.717) is 6.42 Å². The second kappa shape index (κ2) is 11.5. The Morgan fingerprint density at radius 1 is 0.865 bits per heavy atom. The molecule has 16 nitrogen and oxygen atoms in total. The number of hydrogen-bond acceptors (Lipinski definition) is 16. The zero-order valence-corrected chi connectivity index (χ0v) is 20.5. The smallest absolute Gasteiger partial charge is 0.314 e. The second-order valence-corrected chi connectivity index (χ2v) is 9.95. The van der Waals surface area contributed by atoms with E-state index >= 15 is 0 Å². The molecule has 3 aliphatic heterocycles. The van der Waals surface area contributed by atoms with Crippen molar-refractivity contribution in [1.82, 2.24) is 10.6 Å². The molecule has 0 radical (unpaired) electrons. The number of aliphatic hydroxyl groups excluding tert-OH is 8. The number of hydrogen-bond donors (Lipinski definition) is 11. The first-order valence-corrected chi connectivity index (χ1v) is 12.3. The summed E-state index contributed by atoms with van der Waals surface area (Å²) in [7, 11) is 3.29. The summed E-state index contributed by atoms with van der Waals surface area (Å²) in [6.45, 7) is -1.31. The molecule has 1 saturated carbocycles. The van der Waals surface area contributed by atoms with Crippen LogP contribution in [0, 0.1) is 0 Å². The number of ether oxygens (including phenoxy) is 5. The Bertz CT molecular complexity index is 755. The van der Waals surface area contributed by atoms with Gasteiger partial charge in [-0.05, 0) is 20.5 Å². The van der Waals surface area contributed by atoms with Crippen molar-refractivity contribution in [3.8, 4) is 0 Å². The molecule has 37 heavy (non-hydrogen) atoms. The Morgan fingerprint density at radius 2 is 1.46 bits per heavy atom. The molecule has 0 amide bonds. The molecule has 4 unspecified atom stereocenters. The van der Waals surface area contributed by atoms with E-state index in [0.717, 1.165) is 0 Å². The van der Waals surface area contributed by atoms with Crippen molar-refractivity contribution in [2.24, 2.45) is 5.73 Å². The van der Waals surface area contributed by atoms with E-state index in [1.807, 2.05) is 0 Å². The van der Waals surface area contributed by atoms with Crippen molar-refractivity contribution in [3.63, 3.8) is 0 Å². The van der Waals surface area contributed by atoms with Crippen LogP contribution < -0.4 is 16.4 Å². The van der Waals surface area contributed by atoms with Crippen molar-refractivity contribution in [3.05, 3.63) is 0 Å². The molecule has 0 aromatic rings. The second-order valence-electron chi connectivity index (χ2n) is 9.95. The highest BCUT2D eigenvalue weighted by atomic mass is 16.9. The molecule has 3 saturated heterocycles. The summed E-state index contributed by atoms with van der Waals surface area (Å²) in [6, 6.07) is -2.12. The molecule has 1 spiro atoms. The van der Waals surface area contributed by atoms with Crippen molar-refractivity contribution >= 4 is 0 Å². The lowest BCUT2D eigenvalue weighted by molar-refractivity contribution is -0.439. The van der Waals surface area contributed by atoms with E-state index in [4.69, 9.17) is 29.4 Å². The number of fused-ring (bicyclic) bond motifs is 1. The standard InChI is InChI=1S/C21H39N3O13/c1-23-7-3-8(24-2)11(28)16(10(7)27)34-20-18-17(12(29)9(5-26)33-20)36-21(37-18)19(32)14(31)13(30)15(35-21)6(22)4-25/h6-20,23-32H,3-5,22H2,1-2H3/t6?,7-,8+,9-,10+,11-,12+,13-,14-,15-,16?,17+,18+,19?,20+,21?/m1/s1. The monoisotopic (exact) mass is 541 g/mol. The summed E-state index contributed by atoms with van der Waals surface area (Å²) >= 11 is 0. The molecular formula is C21H39N3O13. The van der Waals surface area contributed by atoms with E-state index in [2.05, 4.69) is 10.6 Å². The minimum atomic E-state index is -2.47. The van der Waals surface area contributed by atoms with Crippen LogP contribution in [0.1, 0.15) is 6.42 Å². The lowest BCUT2D eigenvalue weighted by Gasteiger charge is -2.46. The first-order chi connectivity index (χ1) is 17.5. The average molecular weight is 542 g/mol. The van der Waals surface area contributed by atoms with Gasteiger partial charge in [0.2, 0.25) is 0 Å². The summed E-state index contributed by atoms with van der Waals surface area (Å²) in [5, 5.41) is 89.3. The van der Waals surface area contributed by atoms with Gasteiger partial charge in [-0.2, -0.15) is 0 Å². The van der Waals surface area contributed by atoms with E-state index < -0.39 is 111 Å². The van der Waals surface area contributed by atoms with Crippen molar-refractivity contribution in [2.75, 3.05) is 27.3 Å². The van der Waals surface area contributed by atoms with E-state index in [-0.39, 0.29) is 0 Å². The minimum absolute atomic E-state index is 0.389. The highest BCUT2D eigenvalue weighted by Crippen LogP contribution is 2.45. The molecule has 0 bridgehead atoms. The van der Waals surface area contributed by atoms with Crippen LogP contribution in [0.5, 0.6) is 0 Å². The van der Waals surface area contributed by atoms with Crippen molar-refractivity contribution in [2.45, 2.75) is 104 Å². The maximum absolute atomic E-state index is 10.9. The topological polar surface area (TPSA) is 258 Å². The molecule has 4 rings (SSSR count). The zero-order valence-electron chi connectivity index (χ0n) is 20.5. The predicted octanol–water partition coefficient (Wildman–Crippen LogP) is -7.01. The molecule has 16 heteroatoms. The Labute approximate surface area is 212 Å². The molecule has 0 aromatic carbocycles. The quantitative estimate of drug-likeness (QED) is 0.143. The summed E-state index contributed by atoms with van der Waals surface area (Å²) < 4.78 is 29.0. The van der Waals surface area contributed by atoms with Crippen LogP contribution in [0.3, 0.4) is 0 Å². The van der Waals surface area contributed by atoms with Crippen molar-refractivity contribution in [1.29, 1.82) is 0 Å². The summed E-state index contributed by atoms with van der Waals surface area (Å²) in [4.78, 5) is 0. The maximum Gasteiger partial charge on any atom is 0.314 e. The first kappa shape index (κ1) is 29.3. The minimum Gasteiger partial charge on any atom is -0.395 e. The van der Waals surface area contributed by atoms with Gasteiger partial charge in [0.15, 0.2) is 12.4 Å². The molecule has 4 fully saturated rings. The number of aliphatic hydroxyl groups is 8. The van der Waals surface area contributed by atoms with Gasteiger partial charge in [0.1, 0.15) is 48.8 Å². The van der Waals surface area contributed by atoms with Crippen LogP contribution >= 0.6 is 0 Å². The fourth-order valence-electron chi connectivity index (χ4n) is 5.48. The van der Waals surface area contributed by atoms with Gasteiger partial charge in [-0.1, -0.05) is 0 Å². The first-order valence-electron chi connectivity index (χ1n) is 12.3. The van der Waals surface area contributed by atoms with Crippen LogP contribution in [0.25, 0.3) is 0 Å². The Hall–Kier alpha value is -0.640. The van der Waals surface area contributed by atoms with Gasteiger partial charge < -0.3 is 80.9 Å². The molecule has 3 heterocycles. The third-order valence-electron chi connectivity index (χ3n) is 7.74. The van der Waals surface area contributed by atoms with Gasteiger partial charge in [0.25, 0.3) is 0 Å². The molecule has 1 aliphatic carbocycles. The van der Waals surface area contributed by atoms with Crippen LogP contribution in [0.2, 0.25) is 0 Å². The Morgan fingerprint density at radius 3 is 2.00 bits per heavy atom. The third kappa shape index (κ3) is 5.04. The van der Waals surface area contributed by atoms with Crippen LogP contribution in [0.4, 0.5) is 0 Å². The number of rotatable bonds is 7. The lowest BCUT2D eigenvalue weighted by atomic mass is 9.83. The van der Waals surface area contributed by atoms with Gasteiger partial charge in [0, 0.05) is 12.1 Å². The van der Waals surface area contributed by atoms with Gasteiger partial charge in [-0.3, -0.25) is 0 Å². The van der Waals surface area contributed by atoms with Gasteiger partial charge >= 0.3 is 5.97 Å². The molecular weight excluding hydrogens is 502 g/mol. The molecule has 16 atom stereocenters. The van der Waals surface area contributed by atoms with Crippen LogP contribution in [0.15, 0.2) is 0 Å². The zero-order chi connectivity index (χ0) is 27.2. The lowest BCUT2D eigenvalue weighted by Crippen LogP contribution is -2.69. The molecule has 12 N–H and O–H groups in total. The fourth-order valence-corrected chi connectivity index (χ4v) is 5.48. The van der Waals surface area contributed by atoms with Gasteiger partial charge in [0.05, 0.1) is 31.5 Å². The van der Waals surface area contributed by atoms with Crippen molar-refractivity contribution < 1.29 is 64.5 Å². The number of nitrogens with two attached hydrogens (primary N) is 1. The largest absolute Gasteiger partial charge is 0.395 e. The highest BCUT2D eigenvalue weighted by Gasteiger charge is 2.67. The van der Waals surface area contributed by atoms with Gasteiger partial charge in [-0.25, -0.2) is 0 Å². The summed E-state index contributed by atoms with van der Waals surface area (Å²) in [5.74, 6) is -2.47. The van der Waals surface area contributed by atoms with Crippen LogP contribution in [-0.4, -0.2) is 166 Å². The third-order valence-corrected chi connectivity index (χ3v) is 7.74. The highest BCUT2D eigenvalue weighted by molar-refractivity contribution is 5.05. The SMILES string of the molecule is CN[C@H]1C[C@@H](NC)[C@H](O)C(O[C@@H]2O[C@H](CO)[C@H](O)[C@@H]3OC4(O[C@H]23)O[C@H](C(N)CO)[C@H](O)[C@@H](O)C4O)[C@@H]1O. The summed E-state index contributed by atoms with van der Waals surface area (Å²) in [6.07, 6.45) is -17.2.